The molecule has 24 heavy (non-hydrogen) atoms. The molecule has 126 valence electrons. The molecule has 0 bridgehead atoms. The van der Waals surface area contributed by atoms with Crippen LogP contribution in [0.15, 0.2) is 36.4 Å². The number of halogens is 1. The molecule has 3 aromatic rings. The van der Waals surface area contributed by atoms with Crippen molar-refractivity contribution in [3.8, 4) is 11.4 Å². The van der Waals surface area contributed by atoms with Crippen LogP contribution in [-0.4, -0.2) is 36.9 Å². The summed E-state index contributed by atoms with van der Waals surface area (Å²) >= 11 is 1.89. The van der Waals surface area contributed by atoms with Crippen molar-refractivity contribution < 1.29 is 4.39 Å². The van der Waals surface area contributed by atoms with Gasteiger partial charge < -0.3 is 5.32 Å². The maximum atomic E-state index is 14.0. The van der Waals surface area contributed by atoms with Crippen LogP contribution in [0.5, 0.6) is 0 Å². The minimum Gasteiger partial charge on any atom is -0.368 e. The number of nitrogens with zero attached hydrogens (tertiary/aromatic N) is 4. The molecule has 1 N–H and O–H groups in total. The maximum Gasteiger partial charge on any atom is 0.188 e. The molecule has 0 unspecified atom stereocenters. The molecule has 7 heteroatoms. The Morgan fingerprint density at radius 1 is 1.12 bits per heavy atom. The highest BCUT2D eigenvalue weighted by Crippen LogP contribution is 2.23. The van der Waals surface area contributed by atoms with Gasteiger partial charge in [-0.3, -0.25) is 0 Å². The van der Waals surface area contributed by atoms with Gasteiger partial charge in [-0.05, 0) is 24.3 Å². The fraction of sp³-hybridized carbons (Fsp3) is 0.353. The van der Waals surface area contributed by atoms with Crippen molar-refractivity contribution in [1.82, 2.24) is 19.8 Å². The van der Waals surface area contributed by atoms with Gasteiger partial charge in [-0.15, -0.1) is 15.3 Å². The molecule has 2 aromatic heterocycles. The first kappa shape index (κ1) is 16.7. The third-order valence-corrected chi connectivity index (χ3v) is 4.60. The normalized spacial score (nSPS) is 11.8. The molecule has 0 atom stereocenters. The quantitative estimate of drug-likeness (QED) is 0.711. The van der Waals surface area contributed by atoms with Gasteiger partial charge >= 0.3 is 0 Å². The molecule has 1 aromatic carbocycles. The van der Waals surface area contributed by atoms with Crippen molar-refractivity contribution >= 4 is 23.2 Å². The first-order valence-electron chi connectivity index (χ1n) is 7.79. The molecular formula is C17H20FN5S. The van der Waals surface area contributed by atoms with Crippen LogP contribution >= 0.6 is 11.8 Å². The highest BCUT2D eigenvalue weighted by Gasteiger charge is 2.14. The Kier molecular flexibility index (Phi) is 4.71. The van der Waals surface area contributed by atoms with E-state index < -0.39 is 0 Å². The van der Waals surface area contributed by atoms with Crippen LogP contribution in [-0.2, 0) is 0 Å². The third kappa shape index (κ3) is 3.84. The summed E-state index contributed by atoms with van der Waals surface area (Å²) in [6.45, 7) is 7.39. The number of benzene rings is 1. The van der Waals surface area contributed by atoms with Crippen molar-refractivity contribution in [1.29, 1.82) is 0 Å². The lowest BCUT2D eigenvalue weighted by Gasteiger charge is -2.17. The Labute approximate surface area is 144 Å². The highest BCUT2D eigenvalue weighted by molar-refractivity contribution is 8.00. The summed E-state index contributed by atoms with van der Waals surface area (Å²) < 4.78 is 15.8. The fourth-order valence-electron chi connectivity index (χ4n) is 2.23. The molecule has 0 saturated heterocycles. The number of fused-ring (bicyclic) bond motifs is 1. The maximum absolute atomic E-state index is 14.0. The zero-order valence-corrected chi connectivity index (χ0v) is 14.8. The van der Waals surface area contributed by atoms with Gasteiger partial charge in [-0.2, -0.15) is 16.3 Å². The lowest BCUT2D eigenvalue weighted by atomic mass is 10.2. The number of anilines is 1. The molecular weight excluding hydrogens is 325 g/mol. The summed E-state index contributed by atoms with van der Waals surface area (Å²) in [4.78, 5) is 0. The molecule has 3 rings (SSSR count). The van der Waals surface area contributed by atoms with Crippen molar-refractivity contribution in [3.05, 3.63) is 42.2 Å². The van der Waals surface area contributed by atoms with E-state index in [9.17, 15) is 4.39 Å². The number of aromatic nitrogens is 4. The van der Waals surface area contributed by atoms with Gasteiger partial charge in [0.05, 0.1) is 5.56 Å². The van der Waals surface area contributed by atoms with E-state index in [4.69, 9.17) is 0 Å². The average Bonchev–Trinajstić information content (AvgIpc) is 2.94. The lowest BCUT2D eigenvalue weighted by Crippen LogP contribution is -2.14. The molecule has 0 aliphatic carbocycles. The Morgan fingerprint density at radius 2 is 1.92 bits per heavy atom. The SMILES string of the molecule is CC(C)(C)SCCNc1ccc2nnc(-c3ccccc3F)n2n1. The van der Waals surface area contributed by atoms with Gasteiger partial charge in [-0.1, -0.05) is 32.9 Å². The summed E-state index contributed by atoms with van der Waals surface area (Å²) in [5, 5.41) is 15.9. The van der Waals surface area contributed by atoms with Gasteiger partial charge in [0.1, 0.15) is 11.6 Å². The third-order valence-electron chi connectivity index (χ3n) is 3.32. The second-order valence-corrected chi connectivity index (χ2v) is 8.30. The zero-order valence-electron chi connectivity index (χ0n) is 14.0. The van der Waals surface area contributed by atoms with E-state index in [0.29, 0.717) is 17.0 Å². The second-order valence-electron chi connectivity index (χ2n) is 6.38. The Bertz CT molecular complexity index is 840. The number of nitrogens with one attached hydrogen (secondary N) is 1. The van der Waals surface area contributed by atoms with Gasteiger partial charge in [0.25, 0.3) is 0 Å². The van der Waals surface area contributed by atoms with Crippen molar-refractivity contribution in [2.24, 2.45) is 0 Å². The van der Waals surface area contributed by atoms with E-state index in [-0.39, 0.29) is 10.6 Å². The van der Waals surface area contributed by atoms with Crippen LogP contribution in [0.4, 0.5) is 10.2 Å². The van der Waals surface area contributed by atoms with Crippen LogP contribution in [0.2, 0.25) is 0 Å². The highest BCUT2D eigenvalue weighted by atomic mass is 32.2. The van der Waals surface area contributed by atoms with Crippen LogP contribution in [0.25, 0.3) is 17.0 Å². The first-order chi connectivity index (χ1) is 11.4. The van der Waals surface area contributed by atoms with Crippen LogP contribution in [0.3, 0.4) is 0 Å². The largest absolute Gasteiger partial charge is 0.368 e. The molecule has 2 heterocycles. The minimum atomic E-state index is -0.339. The Hall–Kier alpha value is -2.15. The van der Waals surface area contributed by atoms with E-state index in [1.807, 2.05) is 23.9 Å². The van der Waals surface area contributed by atoms with E-state index >= 15 is 0 Å². The Morgan fingerprint density at radius 3 is 2.67 bits per heavy atom. The number of rotatable bonds is 5. The van der Waals surface area contributed by atoms with Gasteiger partial charge in [-0.25, -0.2) is 4.39 Å². The van der Waals surface area contributed by atoms with E-state index in [1.54, 1.807) is 22.7 Å². The van der Waals surface area contributed by atoms with Gasteiger partial charge in [0, 0.05) is 17.0 Å². The van der Waals surface area contributed by atoms with Crippen LogP contribution in [0, 0.1) is 5.82 Å². The smallest absolute Gasteiger partial charge is 0.188 e. The lowest BCUT2D eigenvalue weighted by molar-refractivity contribution is 0.629. The van der Waals surface area contributed by atoms with E-state index in [1.165, 1.54) is 6.07 Å². The molecule has 0 spiro atoms. The first-order valence-corrected chi connectivity index (χ1v) is 8.78. The summed E-state index contributed by atoms with van der Waals surface area (Å²) in [6.07, 6.45) is 0. The molecule has 5 nitrogen and oxygen atoms in total. The zero-order chi connectivity index (χ0) is 17.2. The predicted octanol–water partition coefficient (Wildman–Crippen LogP) is 3.87. The second kappa shape index (κ2) is 6.76. The molecule has 0 amide bonds. The Balaban J connectivity index is 1.80. The summed E-state index contributed by atoms with van der Waals surface area (Å²) in [6, 6.07) is 10.2. The monoisotopic (exact) mass is 345 g/mol. The number of hydrogen-bond acceptors (Lipinski definition) is 5. The fourth-order valence-corrected chi connectivity index (χ4v) is 3.05. The molecule has 0 aliphatic heterocycles. The van der Waals surface area contributed by atoms with Crippen LogP contribution < -0.4 is 5.32 Å². The topological polar surface area (TPSA) is 55.1 Å². The summed E-state index contributed by atoms with van der Waals surface area (Å²) in [5.74, 6) is 1.75. The average molecular weight is 345 g/mol. The van der Waals surface area contributed by atoms with Crippen molar-refractivity contribution in [2.75, 3.05) is 17.6 Å². The van der Waals surface area contributed by atoms with Crippen molar-refractivity contribution in [2.45, 2.75) is 25.5 Å². The van der Waals surface area contributed by atoms with E-state index in [2.05, 4.69) is 41.4 Å². The standard InChI is InChI=1S/C17H20FN5S/c1-17(2,3)24-11-10-19-14-8-9-15-20-21-16(23(15)22-14)12-6-4-5-7-13(12)18/h4-9H,10-11H2,1-3H3,(H,19,22). The molecule has 0 saturated carbocycles. The molecule has 0 aliphatic rings. The summed E-state index contributed by atoms with van der Waals surface area (Å²) in [7, 11) is 0. The van der Waals surface area contributed by atoms with E-state index in [0.717, 1.165) is 18.1 Å². The minimum absolute atomic E-state index is 0.241. The van der Waals surface area contributed by atoms with Crippen molar-refractivity contribution in [3.63, 3.8) is 0 Å². The number of thioether (sulfide) groups is 1. The summed E-state index contributed by atoms with van der Waals surface area (Å²) in [5.41, 5.74) is 0.973. The van der Waals surface area contributed by atoms with Gasteiger partial charge in [0.2, 0.25) is 0 Å². The predicted molar refractivity (Wildman–Crippen MR) is 96.9 cm³/mol. The molecule has 0 radical (unpaired) electrons. The number of hydrogen-bond donors (Lipinski definition) is 1. The molecule has 0 fully saturated rings. The van der Waals surface area contributed by atoms with Crippen LogP contribution in [0.1, 0.15) is 20.8 Å². The van der Waals surface area contributed by atoms with Gasteiger partial charge in [0.15, 0.2) is 11.5 Å².